The SMILES string of the molecule is CCCNC(C1=CCCO1)c1csc2ccccc12. The minimum Gasteiger partial charge on any atom is -0.496 e. The smallest absolute Gasteiger partial charge is 0.114 e. The van der Waals surface area contributed by atoms with Gasteiger partial charge < -0.3 is 10.1 Å². The maximum absolute atomic E-state index is 5.79. The molecule has 2 heterocycles. The normalized spacial score (nSPS) is 16.4. The second-order valence-corrected chi connectivity index (χ2v) is 5.73. The molecule has 0 saturated heterocycles. The molecule has 0 amide bonds. The van der Waals surface area contributed by atoms with Gasteiger partial charge in [-0.25, -0.2) is 0 Å². The predicted octanol–water partition coefficient (Wildman–Crippen LogP) is 4.25. The lowest BCUT2D eigenvalue weighted by Gasteiger charge is -2.19. The van der Waals surface area contributed by atoms with Crippen LogP contribution in [0.25, 0.3) is 10.1 Å². The molecule has 0 aliphatic carbocycles. The van der Waals surface area contributed by atoms with Crippen molar-refractivity contribution in [1.82, 2.24) is 5.32 Å². The summed E-state index contributed by atoms with van der Waals surface area (Å²) in [4.78, 5) is 0. The lowest BCUT2D eigenvalue weighted by Crippen LogP contribution is -2.24. The molecule has 0 spiro atoms. The third-order valence-electron chi connectivity index (χ3n) is 3.44. The highest BCUT2D eigenvalue weighted by molar-refractivity contribution is 7.17. The summed E-state index contributed by atoms with van der Waals surface area (Å²) in [6.07, 6.45) is 4.38. The number of benzene rings is 1. The van der Waals surface area contributed by atoms with Crippen LogP contribution in [-0.4, -0.2) is 13.2 Å². The molecule has 1 aromatic heterocycles. The molecule has 1 aliphatic rings. The highest BCUT2D eigenvalue weighted by Crippen LogP contribution is 2.35. The molecule has 1 aliphatic heterocycles. The number of hydrogen-bond donors (Lipinski definition) is 1. The standard InChI is InChI=1S/C16H19NOS/c1-2-9-17-16(14-7-5-10-18-14)13-11-19-15-8-4-3-6-12(13)15/h3-4,6-8,11,16-17H,2,5,9-10H2,1H3. The molecule has 0 saturated carbocycles. The first-order chi connectivity index (χ1) is 9.40. The molecular weight excluding hydrogens is 254 g/mol. The van der Waals surface area contributed by atoms with Crippen LogP contribution in [0, 0.1) is 0 Å². The average molecular weight is 273 g/mol. The quantitative estimate of drug-likeness (QED) is 0.879. The lowest BCUT2D eigenvalue weighted by molar-refractivity contribution is 0.216. The molecule has 100 valence electrons. The van der Waals surface area contributed by atoms with Crippen molar-refractivity contribution in [2.75, 3.05) is 13.2 Å². The van der Waals surface area contributed by atoms with Crippen molar-refractivity contribution in [2.24, 2.45) is 0 Å². The maximum atomic E-state index is 5.79. The van der Waals surface area contributed by atoms with Crippen LogP contribution < -0.4 is 5.32 Å². The van der Waals surface area contributed by atoms with Crippen molar-refractivity contribution in [2.45, 2.75) is 25.8 Å². The van der Waals surface area contributed by atoms with Crippen LogP contribution in [0.2, 0.25) is 0 Å². The fourth-order valence-electron chi connectivity index (χ4n) is 2.51. The van der Waals surface area contributed by atoms with E-state index in [-0.39, 0.29) is 6.04 Å². The number of nitrogens with one attached hydrogen (secondary N) is 1. The minimum absolute atomic E-state index is 0.207. The Morgan fingerprint density at radius 3 is 3.05 bits per heavy atom. The summed E-state index contributed by atoms with van der Waals surface area (Å²) >= 11 is 1.81. The second kappa shape index (κ2) is 5.76. The van der Waals surface area contributed by atoms with Gasteiger partial charge in [0.1, 0.15) is 5.76 Å². The van der Waals surface area contributed by atoms with Crippen LogP contribution in [0.3, 0.4) is 0 Å². The monoisotopic (exact) mass is 273 g/mol. The van der Waals surface area contributed by atoms with Gasteiger partial charge in [-0.2, -0.15) is 0 Å². The molecule has 1 unspecified atom stereocenters. The number of hydrogen-bond acceptors (Lipinski definition) is 3. The van der Waals surface area contributed by atoms with Gasteiger partial charge >= 0.3 is 0 Å². The summed E-state index contributed by atoms with van der Waals surface area (Å²) in [7, 11) is 0. The van der Waals surface area contributed by atoms with Gasteiger partial charge in [-0.1, -0.05) is 25.1 Å². The van der Waals surface area contributed by atoms with Crippen molar-refractivity contribution in [1.29, 1.82) is 0 Å². The van der Waals surface area contributed by atoms with E-state index in [9.17, 15) is 0 Å². The zero-order chi connectivity index (χ0) is 13.1. The van der Waals surface area contributed by atoms with Gasteiger partial charge in [-0.05, 0) is 41.4 Å². The Bertz CT molecular complexity index is 587. The van der Waals surface area contributed by atoms with Crippen molar-refractivity contribution >= 4 is 21.4 Å². The molecule has 1 aromatic carbocycles. The molecule has 19 heavy (non-hydrogen) atoms. The zero-order valence-corrected chi connectivity index (χ0v) is 12.0. The van der Waals surface area contributed by atoms with E-state index in [1.807, 2.05) is 11.3 Å². The largest absolute Gasteiger partial charge is 0.496 e. The predicted molar refractivity (Wildman–Crippen MR) is 81.5 cm³/mol. The van der Waals surface area contributed by atoms with E-state index in [0.29, 0.717) is 0 Å². The Morgan fingerprint density at radius 2 is 2.26 bits per heavy atom. The third kappa shape index (κ3) is 2.53. The van der Waals surface area contributed by atoms with Crippen LogP contribution in [-0.2, 0) is 4.74 Å². The Morgan fingerprint density at radius 1 is 1.37 bits per heavy atom. The summed E-state index contributed by atoms with van der Waals surface area (Å²) in [6, 6.07) is 8.81. The van der Waals surface area contributed by atoms with Crippen molar-refractivity contribution in [3.63, 3.8) is 0 Å². The van der Waals surface area contributed by atoms with E-state index in [0.717, 1.165) is 31.8 Å². The highest BCUT2D eigenvalue weighted by atomic mass is 32.1. The lowest BCUT2D eigenvalue weighted by atomic mass is 10.0. The summed E-state index contributed by atoms with van der Waals surface area (Å²) < 4.78 is 7.13. The second-order valence-electron chi connectivity index (χ2n) is 4.82. The summed E-state index contributed by atoms with van der Waals surface area (Å²) in [5.74, 6) is 1.09. The first kappa shape index (κ1) is 12.7. The van der Waals surface area contributed by atoms with Gasteiger partial charge in [-0.3, -0.25) is 0 Å². The van der Waals surface area contributed by atoms with Crippen LogP contribution in [0.15, 0.2) is 41.5 Å². The molecule has 3 rings (SSSR count). The average Bonchev–Trinajstić information content (AvgIpc) is 3.09. The Kier molecular flexibility index (Phi) is 3.85. The molecule has 0 fully saturated rings. The molecule has 0 bridgehead atoms. The van der Waals surface area contributed by atoms with Crippen LogP contribution in [0.4, 0.5) is 0 Å². The first-order valence-electron chi connectivity index (χ1n) is 6.92. The molecule has 1 N–H and O–H groups in total. The van der Waals surface area contributed by atoms with E-state index < -0.39 is 0 Å². The van der Waals surface area contributed by atoms with Gasteiger partial charge in [0.05, 0.1) is 12.6 Å². The number of fused-ring (bicyclic) bond motifs is 1. The fourth-order valence-corrected chi connectivity index (χ4v) is 3.50. The Labute approximate surface area is 118 Å². The highest BCUT2D eigenvalue weighted by Gasteiger charge is 2.22. The number of thiophene rings is 1. The molecular formula is C16H19NOS. The molecule has 0 radical (unpaired) electrons. The Hall–Kier alpha value is -1.32. The van der Waals surface area contributed by atoms with Crippen LogP contribution in [0.1, 0.15) is 31.4 Å². The van der Waals surface area contributed by atoms with Gasteiger partial charge in [-0.15, -0.1) is 11.3 Å². The molecule has 3 heteroatoms. The van der Waals surface area contributed by atoms with E-state index in [1.54, 1.807) is 0 Å². The topological polar surface area (TPSA) is 21.3 Å². The van der Waals surface area contributed by atoms with Crippen LogP contribution in [0.5, 0.6) is 0 Å². The van der Waals surface area contributed by atoms with E-state index >= 15 is 0 Å². The molecule has 2 nitrogen and oxygen atoms in total. The van der Waals surface area contributed by atoms with E-state index in [2.05, 4.69) is 48.0 Å². The first-order valence-corrected chi connectivity index (χ1v) is 7.80. The van der Waals surface area contributed by atoms with Crippen molar-refractivity contribution in [3.8, 4) is 0 Å². The molecule has 1 atom stereocenters. The van der Waals surface area contributed by atoms with E-state index in [1.165, 1.54) is 15.6 Å². The van der Waals surface area contributed by atoms with Gasteiger partial charge in [0, 0.05) is 11.1 Å². The summed E-state index contributed by atoms with van der Waals surface area (Å²) in [5.41, 5.74) is 1.35. The van der Waals surface area contributed by atoms with E-state index in [4.69, 9.17) is 4.74 Å². The van der Waals surface area contributed by atoms with Crippen LogP contribution >= 0.6 is 11.3 Å². The molecule has 2 aromatic rings. The Balaban J connectivity index is 1.98. The maximum Gasteiger partial charge on any atom is 0.114 e. The summed E-state index contributed by atoms with van der Waals surface area (Å²) in [6.45, 7) is 4.02. The summed E-state index contributed by atoms with van der Waals surface area (Å²) in [5, 5.41) is 7.23. The number of ether oxygens (including phenoxy) is 1. The van der Waals surface area contributed by atoms with Gasteiger partial charge in [0.15, 0.2) is 0 Å². The minimum atomic E-state index is 0.207. The zero-order valence-electron chi connectivity index (χ0n) is 11.2. The number of rotatable bonds is 5. The third-order valence-corrected chi connectivity index (χ3v) is 4.42. The van der Waals surface area contributed by atoms with Gasteiger partial charge in [0.2, 0.25) is 0 Å². The van der Waals surface area contributed by atoms with Gasteiger partial charge in [0.25, 0.3) is 0 Å². The fraction of sp³-hybridized carbons (Fsp3) is 0.375. The van der Waals surface area contributed by atoms with Crippen molar-refractivity contribution < 1.29 is 4.74 Å². The van der Waals surface area contributed by atoms with Crippen molar-refractivity contribution in [3.05, 3.63) is 47.0 Å².